The first-order valence-electron chi connectivity index (χ1n) is 6.57. The molecule has 0 saturated heterocycles. The van der Waals surface area contributed by atoms with Crippen molar-refractivity contribution in [3.63, 3.8) is 0 Å². The normalized spacial score (nSPS) is 16.8. The van der Waals surface area contributed by atoms with Crippen molar-refractivity contribution in [3.8, 4) is 0 Å². The van der Waals surface area contributed by atoms with Crippen molar-refractivity contribution in [3.05, 3.63) is 11.7 Å². The molecule has 1 aromatic heterocycles. The second-order valence-electron chi connectivity index (χ2n) is 5.09. The molecule has 1 heterocycles. The van der Waals surface area contributed by atoms with Crippen LogP contribution in [0.4, 0.5) is 0 Å². The van der Waals surface area contributed by atoms with Crippen LogP contribution in [0, 0.1) is 5.92 Å². The Morgan fingerprint density at radius 3 is 2.44 bits per heavy atom. The van der Waals surface area contributed by atoms with E-state index in [2.05, 4.69) is 37.8 Å². The molecule has 0 aliphatic heterocycles. The summed E-state index contributed by atoms with van der Waals surface area (Å²) in [6, 6.07) is 0. The van der Waals surface area contributed by atoms with Crippen molar-refractivity contribution in [1.29, 1.82) is 0 Å². The Balaban J connectivity index is 2.66. The minimum Gasteiger partial charge on any atom is -0.393 e. The molecule has 104 valence electrons. The topological polar surface area (TPSA) is 59.2 Å². The maximum absolute atomic E-state index is 9.77. The van der Waals surface area contributed by atoms with Gasteiger partial charge in [-0.2, -0.15) is 16.7 Å². The highest BCUT2D eigenvalue weighted by Gasteiger charge is 2.27. The summed E-state index contributed by atoms with van der Waals surface area (Å²) in [5.41, 5.74) is 0. The first-order chi connectivity index (χ1) is 8.45. The zero-order valence-electron chi connectivity index (χ0n) is 11.9. The SMILES string of the molecule is CCC(C)SCc1noc(C(C(C)C)C(C)O)n1. The quantitative estimate of drug-likeness (QED) is 0.826. The average Bonchev–Trinajstić information content (AvgIpc) is 2.73. The van der Waals surface area contributed by atoms with Gasteiger partial charge in [0.05, 0.1) is 17.8 Å². The Bertz CT molecular complexity index is 345. The van der Waals surface area contributed by atoms with E-state index in [4.69, 9.17) is 4.52 Å². The highest BCUT2D eigenvalue weighted by atomic mass is 32.2. The number of nitrogens with zero attached hydrogens (tertiary/aromatic N) is 2. The van der Waals surface area contributed by atoms with Crippen molar-refractivity contribution >= 4 is 11.8 Å². The number of aromatic nitrogens is 2. The standard InChI is InChI=1S/C13H24N2O2S/c1-6-9(4)18-7-11-14-13(17-15-11)12(8(2)3)10(5)16/h8-10,12,16H,6-7H2,1-5H3. The lowest BCUT2D eigenvalue weighted by atomic mass is 9.91. The number of aliphatic hydroxyl groups excluding tert-OH is 1. The molecule has 1 rings (SSSR count). The van der Waals surface area contributed by atoms with Crippen LogP contribution in [0.5, 0.6) is 0 Å². The third kappa shape index (κ3) is 4.28. The molecule has 1 N–H and O–H groups in total. The van der Waals surface area contributed by atoms with Gasteiger partial charge in [-0.3, -0.25) is 0 Å². The predicted octanol–water partition coefficient (Wildman–Crippen LogP) is 3.22. The summed E-state index contributed by atoms with van der Waals surface area (Å²) in [5, 5.41) is 14.4. The molecule has 0 fully saturated rings. The van der Waals surface area contributed by atoms with E-state index < -0.39 is 6.10 Å². The van der Waals surface area contributed by atoms with Crippen LogP contribution in [0.25, 0.3) is 0 Å². The first kappa shape index (κ1) is 15.5. The molecule has 0 saturated carbocycles. The molecule has 0 amide bonds. The Labute approximate surface area is 114 Å². The number of thioether (sulfide) groups is 1. The van der Waals surface area contributed by atoms with Gasteiger partial charge in [-0.25, -0.2) is 0 Å². The molecular weight excluding hydrogens is 248 g/mol. The van der Waals surface area contributed by atoms with E-state index in [1.807, 2.05) is 11.8 Å². The van der Waals surface area contributed by atoms with Gasteiger partial charge >= 0.3 is 0 Å². The van der Waals surface area contributed by atoms with Crippen LogP contribution in [-0.2, 0) is 5.75 Å². The molecule has 3 atom stereocenters. The lowest BCUT2D eigenvalue weighted by molar-refractivity contribution is 0.120. The van der Waals surface area contributed by atoms with Gasteiger partial charge in [-0.05, 0) is 19.3 Å². The van der Waals surface area contributed by atoms with Crippen molar-refractivity contribution in [2.75, 3.05) is 0 Å². The molecule has 0 aliphatic rings. The maximum atomic E-state index is 9.77. The molecular formula is C13H24N2O2S. The molecule has 0 aromatic carbocycles. The van der Waals surface area contributed by atoms with E-state index in [0.29, 0.717) is 11.1 Å². The van der Waals surface area contributed by atoms with Gasteiger partial charge in [0.2, 0.25) is 5.89 Å². The van der Waals surface area contributed by atoms with Crippen molar-refractivity contribution in [1.82, 2.24) is 10.1 Å². The van der Waals surface area contributed by atoms with Crippen LogP contribution >= 0.6 is 11.8 Å². The van der Waals surface area contributed by atoms with Crippen molar-refractivity contribution in [2.24, 2.45) is 5.92 Å². The first-order valence-corrected chi connectivity index (χ1v) is 7.62. The van der Waals surface area contributed by atoms with Gasteiger partial charge in [-0.15, -0.1) is 0 Å². The van der Waals surface area contributed by atoms with Gasteiger partial charge < -0.3 is 9.63 Å². The highest BCUT2D eigenvalue weighted by molar-refractivity contribution is 7.99. The third-order valence-corrected chi connectivity index (χ3v) is 4.41. The Morgan fingerprint density at radius 1 is 1.28 bits per heavy atom. The Morgan fingerprint density at radius 2 is 1.94 bits per heavy atom. The van der Waals surface area contributed by atoms with E-state index in [-0.39, 0.29) is 11.8 Å². The largest absolute Gasteiger partial charge is 0.393 e. The minimum absolute atomic E-state index is 0.0835. The van der Waals surface area contributed by atoms with Crippen molar-refractivity contribution < 1.29 is 9.63 Å². The molecule has 0 spiro atoms. The van der Waals surface area contributed by atoms with Crippen LogP contribution in [-0.4, -0.2) is 26.6 Å². The fraction of sp³-hybridized carbons (Fsp3) is 0.846. The van der Waals surface area contributed by atoms with E-state index in [1.54, 1.807) is 6.92 Å². The minimum atomic E-state index is -0.472. The third-order valence-electron chi connectivity index (χ3n) is 3.08. The smallest absolute Gasteiger partial charge is 0.232 e. The van der Waals surface area contributed by atoms with Gasteiger partial charge in [0, 0.05) is 5.25 Å². The molecule has 1 aromatic rings. The summed E-state index contributed by atoms with van der Waals surface area (Å²) in [6.45, 7) is 10.2. The number of hydrogen-bond acceptors (Lipinski definition) is 5. The Hall–Kier alpha value is -0.550. The lowest BCUT2D eigenvalue weighted by Gasteiger charge is -2.19. The molecule has 0 bridgehead atoms. The molecule has 0 radical (unpaired) electrons. The summed E-state index contributed by atoms with van der Waals surface area (Å²) < 4.78 is 5.28. The second-order valence-corrected chi connectivity index (χ2v) is 6.52. The summed E-state index contributed by atoms with van der Waals surface area (Å²) in [7, 11) is 0. The van der Waals surface area contributed by atoms with Crippen molar-refractivity contribution in [2.45, 2.75) is 64.1 Å². The van der Waals surface area contributed by atoms with Crippen LogP contribution in [0.1, 0.15) is 58.7 Å². The summed E-state index contributed by atoms with van der Waals surface area (Å²) in [5.74, 6) is 2.24. The zero-order chi connectivity index (χ0) is 13.7. The summed E-state index contributed by atoms with van der Waals surface area (Å²) >= 11 is 1.82. The van der Waals surface area contributed by atoms with E-state index in [1.165, 1.54) is 0 Å². The number of rotatable bonds is 7. The second kappa shape index (κ2) is 7.14. The maximum Gasteiger partial charge on any atom is 0.232 e. The van der Waals surface area contributed by atoms with Gasteiger partial charge in [0.1, 0.15) is 0 Å². The monoisotopic (exact) mass is 272 g/mol. The van der Waals surface area contributed by atoms with E-state index in [9.17, 15) is 5.11 Å². The zero-order valence-corrected chi connectivity index (χ0v) is 12.7. The highest BCUT2D eigenvalue weighted by Crippen LogP contribution is 2.27. The van der Waals surface area contributed by atoms with Gasteiger partial charge in [-0.1, -0.05) is 32.9 Å². The van der Waals surface area contributed by atoms with Crippen LogP contribution < -0.4 is 0 Å². The lowest BCUT2D eigenvalue weighted by Crippen LogP contribution is -2.20. The molecule has 0 aliphatic carbocycles. The molecule has 4 nitrogen and oxygen atoms in total. The van der Waals surface area contributed by atoms with E-state index in [0.717, 1.165) is 18.0 Å². The van der Waals surface area contributed by atoms with Gasteiger partial charge in [0.15, 0.2) is 5.82 Å². The predicted molar refractivity (Wildman–Crippen MR) is 74.6 cm³/mol. The number of hydrogen-bond donors (Lipinski definition) is 1. The van der Waals surface area contributed by atoms with Crippen LogP contribution in [0.15, 0.2) is 4.52 Å². The average molecular weight is 272 g/mol. The molecule has 5 heteroatoms. The molecule has 3 unspecified atom stereocenters. The fourth-order valence-electron chi connectivity index (χ4n) is 1.84. The summed E-state index contributed by atoms with van der Waals surface area (Å²) in [6.07, 6.45) is 0.665. The fourth-order valence-corrected chi connectivity index (χ4v) is 2.63. The van der Waals surface area contributed by atoms with Gasteiger partial charge in [0.25, 0.3) is 0 Å². The number of aliphatic hydroxyl groups is 1. The van der Waals surface area contributed by atoms with Crippen LogP contribution in [0.2, 0.25) is 0 Å². The van der Waals surface area contributed by atoms with E-state index >= 15 is 0 Å². The Kier molecular flexibility index (Phi) is 6.15. The van der Waals surface area contributed by atoms with Crippen LogP contribution in [0.3, 0.4) is 0 Å². The summed E-state index contributed by atoms with van der Waals surface area (Å²) in [4.78, 5) is 4.40. The molecule has 18 heavy (non-hydrogen) atoms.